The molecular formula is C19H30O3. The zero-order valence-corrected chi connectivity index (χ0v) is 14.3. The van der Waals surface area contributed by atoms with E-state index in [1.54, 1.807) is 6.07 Å². The Hall–Kier alpha value is -1.51. The minimum atomic E-state index is -0.208. The number of aromatic hydroxyl groups is 1. The summed E-state index contributed by atoms with van der Waals surface area (Å²) < 4.78 is 5.49. The number of hydrogen-bond acceptors (Lipinski definition) is 3. The molecular weight excluding hydrogens is 276 g/mol. The summed E-state index contributed by atoms with van der Waals surface area (Å²) in [6.07, 6.45) is 8.28. The molecule has 1 rings (SSSR count). The Labute approximate surface area is 134 Å². The SMILES string of the molecule is CCCCC(=O)Oc1cc(O)c(CCCC)cc1CCCC. The molecule has 0 spiro atoms. The van der Waals surface area contributed by atoms with Crippen LogP contribution in [-0.4, -0.2) is 11.1 Å². The zero-order chi connectivity index (χ0) is 16.4. The van der Waals surface area contributed by atoms with Crippen LogP contribution in [0.2, 0.25) is 0 Å². The van der Waals surface area contributed by atoms with Crippen LogP contribution in [0.25, 0.3) is 0 Å². The number of aryl methyl sites for hydroxylation is 2. The van der Waals surface area contributed by atoms with E-state index in [0.29, 0.717) is 12.2 Å². The molecule has 0 radical (unpaired) electrons. The summed E-state index contributed by atoms with van der Waals surface area (Å²) in [7, 11) is 0. The van der Waals surface area contributed by atoms with Crippen molar-refractivity contribution in [1.82, 2.24) is 0 Å². The average molecular weight is 306 g/mol. The van der Waals surface area contributed by atoms with Crippen molar-refractivity contribution in [2.75, 3.05) is 0 Å². The van der Waals surface area contributed by atoms with Crippen LogP contribution in [0.5, 0.6) is 11.5 Å². The number of rotatable bonds is 10. The highest BCUT2D eigenvalue weighted by Crippen LogP contribution is 2.31. The molecule has 0 aromatic heterocycles. The fraction of sp³-hybridized carbons (Fsp3) is 0.632. The second-order valence-electron chi connectivity index (χ2n) is 5.87. The first-order valence-corrected chi connectivity index (χ1v) is 8.67. The van der Waals surface area contributed by atoms with Gasteiger partial charge in [-0.05, 0) is 49.3 Å². The maximum absolute atomic E-state index is 11.9. The van der Waals surface area contributed by atoms with E-state index in [1.807, 2.05) is 13.0 Å². The second-order valence-corrected chi connectivity index (χ2v) is 5.87. The number of ether oxygens (including phenoxy) is 1. The van der Waals surface area contributed by atoms with Crippen molar-refractivity contribution >= 4 is 5.97 Å². The number of unbranched alkanes of at least 4 members (excludes halogenated alkanes) is 3. The Morgan fingerprint density at radius 3 is 2.14 bits per heavy atom. The van der Waals surface area contributed by atoms with Crippen LogP contribution in [0.15, 0.2) is 12.1 Å². The minimum Gasteiger partial charge on any atom is -0.508 e. The van der Waals surface area contributed by atoms with Gasteiger partial charge in [0, 0.05) is 12.5 Å². The lowest BCUT2D eigenvalue weighted by Gasteiger charge is -2.14. The van der Waals surface area contributed by atoms with E-state index in [4.69, 9.17) is 4.74 Å². The number of carbonyl (C=O) groups is 1. The first-order valence-electron chi connectivity index (χ1n) is 8.67. The van der Waals surface area contributed by atoms with Gasteiger partial charge in [-0.25, -0.2) is 0 Å². The minimum absolute atomic E-state index is 0.208. The third-order valence-electron chi connectivity index (χ3n) is 3.82. The van der Waals surface area contributed by atoms with Crippen LogP contribution in [0.1, 0.15) is 76.8 Å². The molecule has 22 heavy (non-hydrogen) atoms. The Bertz CT molecular complexity index is 466. The van der Waals surface area contributed by atoms with Crippen LogP contribution in [0, 0.1) is 0 Å². The van der Waals surface area contributed by atoms with Gasteiger partial charge in [0.05, 0.1) is 0 Å². The lowest BCUT2D eigenvalue weighted by atomic mass is 10.00. The molecule has 124 valence electrons. The van der Waals surface area contributed by atoms with Gasteiger partial charge in [-0.3, -0.25) is 4.79 Å². The quantitative estimate of drug-likeness (QED) is 0.479. The van der Waals surface area contributed by atoms with Crippen molar-refractivity contribution in [2.45, 2.75) is 78.6 Å². The number of carbonyl (C=O) groups excluding carboxylic acids is 1. The maximum atomic E-state index is 11.9. The van der Waals surface area contributed by atoms with Gasteiger partial charge < -0.3 is 9.84 Å². The van der Waals surface area contributed by atoms with E-state index in [-0.39, 0.29) is 11.7 Å². The van der Waals surface area contributed by atoms with E-state index < -0.39 is 0 Å². The molecule has 0 amide bonds. The standard InChI is InChI=1S/C19H30O3/c1-4-7-10-15-13-16(11-8-5-2)18(14-17(15)20)22-19(21)12-9-6-3/h13-14,20H,4-12H2,1-3H3. The molecule has 3 heteroatoms. The van der Waals surface area contributed by atoms with Gasteiger partial charge in [0.25, 0.3) is 0 Å². The number of esters is 1. The van der Waals surface area contributed by atoms with Crippen molar-refractivity contribution in [1.29, 1.82) is 0 Å². The first-order chi connectivity index (χ1) is 10.6. The fourth-order valence-corrected chi connectivity index (χ4v) is 2.38. The maximum Gasteiger partial charge on any atom is 0.311 e. The summed E-state index contributed by atoms with van der Waals surface area (Å²) >= 11 is 0. The van der Waals surface area contributed by atoms with Crippen molar-refractivity contribution in [3.8, 4) is 11.5 Å². The highest BCUT2D eigenvalue weighted by molar-refractivity contribution is 5.73. The van der Waals surface area contributed by atoms with Crippen LogP contribution in [0.3, 0.4) is 0 Å². The summed E-state index contributed by atoms with van der Waals surface area (Å²) in [6.45, 7) is 6.33. The van der Waals surface area contributed by atoms with Gasteiger partial charge in [0.1, 0.15) is 11.5 Å². The summed E-state index contributed by atoms with van der Waals surface area (Å²) in [6, 6.07) is 3.64. The smallest absolute Gasteiger partial charge is 0.311 e. The average Bonchev–Trinajstić information content (AvgIpc) is 2.51. The van der Waals surface area contributed by atoms with Gasteiger partial charge in [0.15, 0.2) is 0 Å². The van der Waals surface area contributed by atoms with Crippen molar-refractivity contribution < 1.29 is 14.6 Å². The molecule has 0 saturated heterocycles. The summed E-state index contributed by atoms with van der Waals surface area (Å²) in [5, 5.41) is 10.2. The Balaban J connectivity index is 2.92. The van der Waals surface area contributed by atoms with E-state index in [1.165, 1.54) is 0 Å². The zero-order valence-electron chi connectivity index (χ0n) is 14.3. The molecule has 1 N–H and O–H groups in total. The van der Waals surface area contributed by atoms with E-state index in [0.717, 1.165) is 62.5 Å². The predicted molar refractivity (Wildman–Crippen MR) is 90.5 cm³/mol. The molecule has 0 saturated carbocycles. The second kappa shape index (κ2) is 10.3. The highest BCUT2D eigenvalue weighted by Gasteiger charge is 2.13. The van der Waals surface area contributed by atoms with Crippen LogP contribution < -0.4 is 4.74 Å². The number of benzene rings is 1. The molecule has 1 aromatic rings. The van der Waals surface area contributed by atoms with Crippen LogP contribution in [-0.2, 0) is 17.6 Å². The van der Waals surface area contributed by atoms with Gasteiger partial charge in [-0.15, -0.1) is 0 Å². The summed E-state index contributed by atoms with van der Waals surface area (Å²) in [5.41, 5.74) is 2.00. The molecule has 0 bridgehead atoms. The summed E-state index contributed by atoms with van der Waals surface area (Å²) in [5.74, 6) is 0.569. The molecule has 0 fully saturated rings. The van der Waals surface area contributed by atoms with Crippen molar-refractivity contribution in [3.05, 3.63) is 23.3 Å². The molecule has 1 aromatic carbocycles. The van der Waals surface area contributed by atoms with Gasteiger partial charge >= 0.3 is 5.97 Å². The lowest BCUT2D eigenvalue weighted by Crippen LogP contribution is -2.09. The predicted octanol–water partition coefficient (Wildman–Crippen LogP) is 5.17. The molecule has 3 nitrogen and oxygen atoms in total. The topological polar surface area (TPSA) is 46.5 Å². The Morgan fingerprint density at radius 1 is 0.955 bits per heavy atom. The largest absolute Gasteiger partial charge is 0.508 e. The summed E-state index contributed by atoms with van der Waals surface area (Å²) in [4.78, 5) is 11.9. The highest BCUT2D eigenvalue weighted by atomic mass is 16.5. The number of phenols is 1. The molecule has 0 aliphatic rings. The molecule has 0 heterocycles. The van der Waals surface area contributed by atoms with Crippen molar-refractivity contribution in [3.63, 3.8) is 0 Å². The van der Waals surface area contributed by atoms with Gasteiger partial charge in [0.2, 0.25) is 0 Å². The fourth-order valence-electron chi connectivity index (χ4n) is 2.38. The monoisotopic (exact) mass is 306 g/mol. The van der Waals surface area contributed by atoms with Crippen LogP contribution >= 0.6 is 0 Å². The third-order valence-corrected chi connectivity index (χ3v) is 3.82. The molecule has 0 aliphatic carbocycles. The van der Waals surface area contributed by atoms with Gasteiger partial charge in [-0.2, -0.15) is 0 Å². The molecule has 0 atom stereocenters. The van der Waals surface area contributed by atoms with Crippen LogP contribution in [0.4, 0.5) is 0 Å². The number of phenolic OH excluding ortho intramolecular Hbond substituents is 1. The van der Waals surface area contributed by atoms with E-state index in [2.05, 4.69) is 13.8 Å². The Kier molecular flexibility index (Phi) is 8.64. The van der Waals surface area contributed by atoms with Gasteiger partial charge in [-0.1, -0.05) is 40.0 Å². The first kappa shape index (κ1) is 18.5. The third kappa shape index (κ3) is 6.08. The number of hydrogen-bond donors (Lipinski definition) is 1. The molecule has 0 unspecified atom stereocenters. The van der Waals surface area contributed by atoms with Crippen molar-refractivity contribution in [2.24, 2.45) is 0 Å². The lowest BCUT2D eigenvalue weighted by molar-refractivity contribution is -0.134. The Morgan fingerprint density at radius 2 is 1.55 bits per heavy atom. The van der Waals surface area contributed by atoms with E-state index >= 15 is 0 Å². The molecule has 0 aliphatic heterocycles. The van der Waals surface area contributed by atoms with E-state index in [9.17, 15) is 9.90 Å². The normalized spacial score (nSPS) is 10.7.